The Morgan fingerprint density at radius 2 is 1.92 bits per heavy atom. The van der Waals surface area contributed by atoms with E-state index in [1.807, 2.05) is 20.8 Å². The number of nitrogens with zero attached hydrogens (tertiary/aromatic N) is 2. The highest BCUT2D eigenvalue weighted by Crippen LogP contribution is 2.30. The zero-order chi connectivity index (χ0) is 18.1. The van der Waals surface area contributed by atoms with Crippen LogP contribution in [0.1, 0.15) is 61.4 Å². The van der Waals surface area contributed by atoms with Crippen molar-refractivity contribution in [1.82, 2.24) is 10.1 Å². The zero-order valence-electron chi connectivity index (χ0n) is 13.6. The van der Waals surface area contributed by atoms with E-state index in [0.29, 0.717) is 5.82 Å². The first-order chi connectivity index (χ1) is 11.0. The molecule has 0 N–H and O–H groups in total. The number of benzene rings is 1. The van der Waals surface area contributed by atoms with Crippen LogP contribution in [0, 0.1) is 0 Å². The minimum Gasteiger partial charge on any atom is -0.449 e. The van der Waals surface area contributed by atoms with Crippen molar-refractivity contribution in [3.8, 4) is 0 Å². The highest BCUT2D eigenvalue weighted by atomic mass is 19.4. The number of rotatable bonds is 3. The van der Waals surface area contributed by atoms with Gasteiger partial charge in [-0.3, -0.25) is 0 Å². The first kappa shape index (κ1) is 18.0. The number of carbonyl (C=O) groups is 1. The number of aromatic nitrogens is 2. The van der Waals surface area contributed by atoms with Gasteiger partial charge in [0.25, 0.3) is 5.89 Å². The number of ether oxygens (including phenoxy) is 1. The summed E-state index contributed by atoms with van der Waals surface area (Å²) in [6.07, 6.45) is -5.41. The van der Waals surface area contributed by atoms with Gasteiger partial charge in [-0.2, -0.15) is 18.2 Å². The molecule has 1 aromatic heterocycles. The fourth-order valence-electron chi connectivity index (χ4n) is 1.81. The van der Waals surface area contributed by atoms with Crippen molar-refractivity contribution < 1.29 is 27.2 Å². The SMILES string of the molecule is CC(OC(=O)c1cccc(C(F)(F)F)c1)c1nc(C(C)(C)C)no1. The van der Waals surface area contributed by atoms with Crippen LogP contribution in [-0.4, -0.2) is 16.1 Å². The van der Waals surface area contributed by atoms with Gasteiger partial charge in [0.1, 0.15) is 0 Å². The van der Waals surface area contributed by atoms with E-state index in [9.17, 15) is 18.0 Å². The first-order valence-corrected chi connectivity index (χ1v) is 7.21. The predicted molar refractivity (Wildman–Crippen MR) is 78.3 cm³/mol. The van der Waals surface area contributed by atoms with E-state index < -0.39 is 23.8 Å². The highest BCUT2D eigenvalue weighted by Gasteiger charge is 2.31. The molecule has 0 saturated carbocycles. The summed E-state index contributed by atoms with van der Waals surface area (Å²) in [7, 11) is 0. The molecule has 1 atom stereocenters. The van der Waals surface area contributed by atoms with E-state index in [2.05, 4.69) is 10.1 Å². The number of hydrogen-bond donors (Lipinski definition) is 0. The number of hydrogen-bond acceptors (Lipinski definition) is 5. The fourth-order valence-corrected chi connectivity index (χ4v) is 1.81. The molecule has 0 aliphatic heterocycles. The van der Waals surface area contributed by atoms with Gasteiger partial charge < -0.3 is 9.26 Å². The minimum atomic E-state index is -4.53. The quantitative estimate of drug-likeness (QED) is 0.778. The Kier molecular flexibility index (Phi) is 4.68. The lowest BCUT2D eigenvalue weighted by atomic mass is 9.96. The van der Waals surface area contributed by atoms with Crippen molar-refractivity contribution in [2.24, 2.45) is 0 Å². The molecule has 1 aromatic carbocycles. The zero-order valence-corrected chi connectivity index (χ0v) is 13.6. The molecule has 1 heterocycles. The summed E-state index contributed by atoms with van der Waals surface area (Å²) in [4.78, 5) is 16.2. The topological polar surface area (TPSA) is 65.2 Å². The maximum absolute atomic E-state index is 12.7. The molecule has 5 nitrogen and oxygen atoms in total. The largest absolute Gasteiger partial charge is 0.449 e. The number of esters is 1. The Balaban J connectivity index is 2.13. The van der Waals surface area contributed by atoms with Gasteiger partial charge in [0.05, 0.1) is 11.1 Å². The molecule has 0 saturated heterocycles. The third-order valence-electron chi connectivity index (χ3n) is 3.17. The molecule has 0 bridgehead atoms. The lowest BCUT2D eigenvalue weighted by Gasteiger charge is -2.12. The molecule has 0 amide bonds. The van der Waals surface area contributed by atoms with Crippen LogP contribution < -0.4 is 0 Å². The van der Waals surface area contributed by atoms with Gasteiger partial charge >= 0.3 is 12.1 Å². The number of carbonyl (C=O) groups excluding carboxylic acids is 1. The van der Waals surface area contributed by atoms with Gasteiger partial charge in [0.2, 0.25) is 0 Å². The summed E-state index contributed by atoms with van der Waals surface area (Å²) < 4.78 is 48.2. The van der Waals surface area contributed by atoms with E-state index in [4.69, 9.17) is 9.26 Å². The molecular weight excluding hydrogens is 325 g/mol. The minimum absolute atomic E-state index is 0.0836. The first-order valence-electron chi connectivity index (χ1n) is 7.21. The van der Waals surface area contributed by atoms with Crippen molar-refractivity contribution in [2.45, 2.75) is 45.4 Å². The third-order valence-corrected chi connectivity index (χ3v) is 3.17. The molecule has 0 radical (unpaired) electrons. The van der Waals surface area contributed by atoms with Crippen LogP contribution >= 0.6 is 0 Å². The predicted octanol–water partition coefficient (Wildman–Crippen LogP) is 4.30. The maximum Gasteiger partial charge on any atom is 0.416 e. The molecule has 2 aromatic rings. The number of alkyl halides is 3. The molecule has 130 valence electrons. The number of halogens is 3. The van der Waals surface area contributed by atoms with Crippen molar-refractivity contribution >= 4 is 5.97 Å². The van der Waals surface area contributed by atoms with Crippen LogP contribution in [0.15, 0.2) is 28.8 Å². The standard InChI is InChI=1S/C16H17F3N2O3/c1-9(12-20-14(21-24-12)15(2,3)4)23-13(22)10-6-5-7-11(8-10)16(17,18)19/h5-9H,1-4H3. The van der Waals surface area contributed by atoms with Crippen molar-refractivity contribution in [3.63, 3.8) is 0 Å². The summed E-state index contributed by atoms with van der Waals surface area (Å²) in [5, 5.41) is 3.81. The molecule has 0 aliphatic rings. The van der Waals surface area contributed by atoms with E-state index in [0.717, 1.165) is 18.2 Å². The maximum atomic E-state index is 12.7. The van der Waals surface area contributed by atoms with Crippen molar-refractivity contribution in [3.05, 3.63) is 47.1 Å². The second-order valence-electron chi connectivity index (χ2n) is 6.33. The second-order valence-corrected chi connectivity index (χ2v) is 6.33. The van der Waals surface area contributed by atoms with Gasteiger partial charge in [-0.05, 0) is 25.1 Å². The van der Waals surface area contributed by atoms with Crippen LogP contribution in [0.2, 0.25) is 0 Å². The Bertz CT molecular complexity index is 733. The Morgan fingerprint density at radius 3 is 2.46 bits per heavy atom. The lowest BCUT2D eigenvalue weighted by molar-refractivity contribution is -0.137. The second kappa shape index (κ2) is 6.26. The van der Waals surface area contributed by atoms with Gasteiger partial charge in [0, 0.05) is 5.41 Å². The Hall–Kier alpha value is -2.38. The molecule has 0 aliphatic carbocycles. The summed E-state index contributed by atoms with van der Waals surface area (Å²) in [5.41, 5.74) is -1.46. The van der Waals surface area contributed by atoms with Crippen LogP contribution in [0.4, 0.5) is 13.2 Å². The van der Waals surface area contributed by atoms with Crippen LogP contribution in [0.25, 0.3) is 0 Å². The van der Waals surface area contributed by atoms with Gasteiger partial charge in [-0.1, -0.05) is 32.0 Å². The molecule has 0 fully saturated rings. The summed E-state index contributed by atoms with van der Waals surface area (Å²) in [5.74, 6) is -0.371. The van der Waals surface area contributed by atoms with Crippen molar-refractivity contribution in [2.75, 3.05) is 0 Å². The Morgan fingerprint density at radius 1 is 1.25 bits per heavy atom. The van der Waals surface area contributed by atoms with E-state index >= 15 is 0 Å². The molecule has 8 heteroatoms. The molecule has 0 spiro atoms. The molecule has 24 heavy (non-hydrogen) atoms. The lowest BCUT2D eigenvalue weighted by Crippen LogP contribution is -2.14. The summed E-state index contributed by atoms with van der Waals surface area (Å²) >= 11 is 0. The monoisotopic (exact) mass is 342 g/mol. The van der Waals surface area contributed by atoms with Gasteiger partial charge in [-0.25, -0.2) is 4.79 Å². The van der Waals surface area contributed by atoms with Gasteiger partial charge in [0.15, 0.2) is 11.9 Å². The van der Waals surface area contributed by atoms with Crippen molar-refractivity contribution in [1.29, 1.82) is 0 Å². The molecule has 2 rings (SSSR count). The summed E-state index contributed by atoms with van der Waals surface area (Å²) in [6.45, 7) is 7.17. The fraction of sp³-hybridized carbons (Fsp3) is 0.438. The molecule has 1 unspecified atom stereocenters. The van der Waals surface area contributed by atoms with Gasteiger partial charge in [-0.15, -0.1) is 0 Å². The normalized spacial score (nSPS) is 13.6. The average Bonchev–Trinajstić information content (AvgIpc) is 2.96. The third kappa shape index (κ3) is 4.12. The highest BCUT2D eigenvalue weighted by molar-refractivity contribution is 5.89. The van der Waals surface area contributed by atoms with Crippen LogP contribution in [-0.2, 0) is 16.3 Å². The van der Waals surface area contributed by atoms with Crippen LogP contribution in [0.3, 0.4) is 0 Å². The average molecular weight is 342 g/mol. The van der Waals surface area contributed by atoms with Crippen LogP contribution in [0.5, 0.6) is 0 Å². The van der Waals surface area contributed by atoms with E-state index in [-0.39, 0.29) is 16.9 Å². The van der Waals surface area contributed by atoms with E-state index in [1.54, 1.807) is 0 Å². The van der Waals surface area contributed by atoms with E-state index in [1.165, 1.54) is 13.0 Å². The molecular formula is C16H17F3N2O3. The Labute approximate surface area is 136 Å². The summed E-state index contributed by atoms with van der Waals surface area (Å²) in [6, 6.07) is 4.02. The smallest absolute Gasteiger partial charge is 0.416 e.